The highest BCUT2D eigenvalue weighted by atomic mass is 32.2. The van der Waals surface area contributed by atoms with Crippen LogP contribution in [0.15, 0.2) is 59.4 Å². The predicted molar refractivity (Wildman–Crippen MR) is 89.3 cm³/mol. The molecule has 0 radical (unpaired) electrons. The molecule has 23 heavy (non-hydrogen) atoms. The Labute approximate surface area is 138 Å². The van der Waals surface area contributed by atoms with Gasteiger partial charge in [0, 0.05) is 25.4 Å². The molecule has 120 valence electrons. The van der Waals surface area contributed by atoms with Crippen molar-refractivity contribution in [2.75, 3.05) is 13.3 Å². The Balaban J connectivity index is 2.38. The summed E-state index contributed by atoms with van der Waals surface area (Å²) in [6, 6.07) is 1.52. The van der Waals surface area contributed by atoms with Crippen molar-refractivity contribution in [1.82, 2.24) is 15.4 Å². The summed E-state index contributed by atoms with van der Waals surface area (Å²) in [7, 11) is 1.61. The molecule has 0 aromatic heterocycles. The summed E-state index contributed by atoms with van der Waals surface area (Å²) >= 11 is 1.29. The maximum absolute atomic E-state index is 14.3. The van der Waals surface area contributed by atoms with Crippen LogP contribution in [0.25, 0.3) is 0 Å². The number of carbonyl (C=O) groups excluding carboxylic acids is 1. The van der Waals surface area contributed by atoms with Crippen LogP contribution in [0.4, 0.5) is 4.39 Å². The number of hydrogen-bond acceptors (Lipinski definition) is 6. The van der Waals surface area contributed by atoms with Crippen molar-refractivity contribution in [3.8, 4) is 6.07 Å². The number of hydrogen-bond donors (Lipinski definition) is 3. The smallest absolute Gasteiger partial charge is 0.220 e. The maximum Gasteiger partial charge on any atom is 0.220 e. The minimum Gasteiger partial charge on any atom is -0.393 e. The highest BCUT2D eigenvalue weighted by molar-refractivity contribution is 7.96. The average molecular weight is 332 g/mol. The first-order chi connectivity index (χ1) is 11.1. The van der Waals surface area contributed by atoms with E-state index in [1.54, 1.807) is 25.5 Å². The van der Waals surface area contributed by atoms with Gasteiger partial charge in [-0.1, -0.05) is 24.1 Å². The van der Waals surface area contributed by atoms with Gasteiger partial charge in [-0.05, 0) is 18.2 Å². The van der Waals surface area contributed by atoms with Crippen molar-refractivity contribution in [2.45, 2.75) is 6.04 Å². The van der Waals surface area contributed by atoms with E-state index in [1.807, 2.05) is 18.2 Å². The molecule has 1 aliphatic heterocycles. The van der Waals surface area contributed by atoms with E-state index >= 15 is 0 Å². The van der Waals surface area contributed by atoms with Crippen molar-refractivity contribution in [2.24, 2.45) is 5.92 Å². The molecular formula is C16H17FN4OS. The fourth-order valence-corrected chi connectivity index (χ4v) is 2.65. The number of rotatable bonds is 5. The number of halogens is 1. The molecule has 2 unspecified atom stereocenters. The first-order valence-corrected chi connectivity index (χ1v) is 8.19. The standard InChI is InChI=1S/C16H17FN4OS/c1-19-9-11(8-18)16(22)15-6-10-3-4-12(20-15)7-14(21-23-2)13(17)5-10/h3-7,9-10,12,19-21H,1-2H3/b11-9+,13-5?,14-7+. The highest BCUT2D eigenvalue weighted by Gasteiger charge is 2.23. The average Bonchev–Trinajstić information content (AvgIpc) is 2.69. The second-order valence-corrected chi connectivity index (χ2v) is 5.51. The molecule has 1 aliphatic carbocycles. The summed E-state index contributed by atoms with van der Waals surface area (Å²) in [5.41, 5.74) is 0.622. The minimum atomic E-state index is -0.427. The Morgan fingerprint density at radius 1 is 1.43 bits per heavy atom. The Morgan fingerprint density at radius 2 is 2.22 bits per heavy atom. The van der Waals surface area contributed by atoms with Gasteiger partial charge in [-0.25, -0.2) is 4.39 Å². The molecule has 2 atom stereocenters. The van der Waals surface area contributed by atoms with Gasteiger partial charge in [0.15, 0.2) is 0 Å². The van der Waals surface area contributed by atoms with Crippen LogP contribution in [-0.4, -0.2) is 25.1 Å². The van der Waals surface area contributed by atoms with Crippen LogP contribution in [-0.2, 0) is 4.79 Å². The van der Waals surface area contributed by atoms with Gasteiger partial charge in [0.25, 0.3) is 0 Å². The van der Waals surface area contributed by atoms with E-state index in [-0.39, 0.29) is 29.1 Å². The Hall–Kier alpha value is -2.46. The second kappa shape index (κ2) is 7.70. The van der Waals surface area contributed by atoms with Crippen LogP contribution in [0.1, 0.15) is 0 Å². The number of ketones is 1. The van der Waals surface area contributed by atoms with Crippen molar-refractivity contribution in [3.05, 3.63) is 59.4 Å². The maximum atomic E-state index is 14.3. The van der Waals surface area contributed by atoms with E-state index in [9.17, 15) is 9.18 Å². The van der Waals surface area contributed by atoms with Crippen LogP contribution in [0.2, 0.25) is 0 Å². The zero-order valence-corrected chi connectivity index (χ0v) is 13.6. The molecular weight excluding hydrogens is 315 g/mol. The quantitative estimate of drug-likeness (QED) is 0.309. The first kappa shape index (κ1) is 16.9. The van der Waals surface area contributed by atoms with E-state index in [2.05, 4.69) is 15.4 Å². The number of Topliss-reactive ketones (excluding diaryl/α,β-unsaturated/α-hetero) is 1. The third-order valence-corrected chi connectivity index (χ3v) is 3.70. The predicted octanol–water partition coefficient (Wildman–Crippen LogP) is 1.83. The first-order valence-electron chi connectivity index (χ1n) is 6.96. The summed E-state index contributed by atoms with van der Waals surface area (Å²) in [5.74, 6) is -1.17. The van der Waals surface area contributed by atoms with Gasteiger partial charge in [0.1, 0.15) is 17.5 Å². The van der Waals surface area contributed by atoms with Gasteiger partial charge in [0.2, 0.25) is 5.78 Å². The number of carbonyl (C=O) groups is 1. The summed E-state index contributed by atoms with van der Waals surface area (Å²) in [6.07, 6.45) is 11.5. The summed E-state index contributed by atoms with van der Waals surface area (Å²) in [6.45, 7) is 0. The van der Waals surface area contributed by atoms with Gasteiger partial charge in [-0.2, -0.15) is 5.26 Å². The lowest BCUT2D eigenvalue weighted by Gasteiger charge is -2.15. The Morgan fingerprint density at radius 3 is 2.87 bits per heavy atom. The molecule has 5 nitrogen and oxygen atoms in total. The lowest BCUT2D eigenvalue weighted by atomic mass is 10.0. The van der Waals surface area contributed by atoms with Crippen LogP contribution >= 0.6 is 11.9 Å². The highest BCUT2D eigenvalue weighted by Crippen LogP contribution is 2.24. The summed E-state index contributed by atoms with van der Waals surface area (Å²) < 4.78 is 17.1. The second-order valence-electron chi connectivity index (χ2n) is 4.90. The topological polar surface area (TPSA) is 77.0 Å². The molecule has 0 fully saturated rings. The van der Waals surface area contributed by atoms with Crippen LogP contribution in [0, 0.1) is 17.2 Å². The van der Waals surface area contributed by atoms with E-state index < -0.39 is 5.78 Å². The molecule has 0 aromatic carbocycles. The molecule has 3 N–H and O–H groups in total. The summed E-state index contributed by atoms with van der Waals surface area (Å²) in [5, 5.41) is 14.8. The normalized spacial score (nSPS) is 25.5. The number of allylic oxidation sites excluding steroid dienone is 5. The third-order valence-electron chi connectivity index (χ3n) is 3.27. The molecule has 0 saturated carbocycles. The number of nitrogens with zero attached hydrogens (tertiary/aromatic N) is 1. The molecule has 2 rings (SSSR count). The molecule has 2 aliphatic rings. The van der Waals surface area contributed by atoms with Crippen LogP contribution < -0.4 is 15.4 Å². The Bertz CT molecular complexity index is 685. The molecule has 1 heterocycles. The van der Waals surface area contributed by atoms with Crippen molar-refractivity contribution < 1.29 is 9.18 Å². The number of nitrogens with one attached hydrogen (secondary N) is 3. The van der Waals surface area contributed by atoms with Gasteiger partial charge in [-0.15, -0.1) is 0 Å². The minimum absolute atomic E-state index is 0.0132. The molecule has 0 spiro atoms. The number of fused-ring (bicyclic) bond motifs is 2. The van der Waals surface area contributed by atoms with Crippen LogP contribution in [0.5, 0.6) is 0 Å². The third kappa shape index (κ3) is 4.05. The molecule has 2 bridgehead atoms. The van der Waals surface area contributed by atoms with Gasteiger partial charge in [-0.3, -0.25) is 4.79 Å². The van der Waals surface area contributed by atoms with E-state index in [0.29, 0.717) is 5.70 Å². The largest absolute Gasteiger partial charge is 0.393 e. The lowest BCUT2D eigenvalue weighted by Crippen LogP contribution is -2.30. The monoisotopic (exact) mass is 332 g/mol. The Kier molecular flexibility index (Phi) is 5.66. The van der Waals surface area contributed by atoms with Gasteiger partial charge in [0.05, 0.1) is 17.4 Å². The zero-order chi connectivity index (χ0) is 16.8. The molecule has 7 heteroatoms. The number of nitriles is 1. The molecule has 0 saturated heterocycles. The fraction of sp³-hybridized carbons (Fsp3) is 0.250. The van der Waals surface area contributed by atoms with E-state index in [0.717, 1.165) is 0 Å². The zero-order valence-electron chi connectivity index (χ0n) is 12.8. The lowest BCUT2D eigenvalue weighted by molar-refractivity contribution is -0.112. The molecule has 0 aromatic rings. The summed E-state index contributed by atoms with van der Waals surface area (Å²) in [4.78, 5) is 12.5. The fourth-order valence-electron chi connectivity index (χ4n) is 2.26. The molecule has 0 amide bonds. The van der Waals surface area contributed by atoms with Gasteiger partial charge >= 0.3 is 0 Å². The van der Waals surface area contributed by atoms with Crippen molar-refractivity contribution >= 4 is 17.7 Å². The van der Waals surface area contributed by atoms with E-state index in [1.165, 1.54) is 24.2 Å². The van der Waals surface area contributed by atoms with Gasteiger partial charge < -0.3 is 15.4 Å². The van der Waals surface area contributed by atoms with Crippen molar-refractivity contribution in [1.29, 1.82) is 5.26 Å². The van der Waals surface area contributed by atoms with Crippen molar-refractivity contribution in [3.63, 3.8) is 0 Å². The SMILES string of the molecule is CN/C=C(\C#N)C(=O)C1=CC2C=CC(/C=C(/NSC)C(F)=C2)N1. The van der Waals surface area contributed by atoms with E-state index in [4.69, 9.17) is 5.26 Å². The van der Waals surface area contributed by atoms with Crippen LogP contribution in [0.3, 0.4) is 0 Å².